The fraction of sp³-hybridized carbons (Fsp3) is 0.286. The maximum absolute atomic E-state index is 12.8. The van der Waals surface area contributed by atoms with Crippen molar-refractivity contribution in [2.75, 3.05) is 13.6 Å². The molecule has 3 rings (SSSR count). The van der Waals surface area contributed by atoms with Crippen LogP contribution < -0.4 is 0 Å². The van der Waals surface area contributed by atoms with Crippen LogP contribution in [0.3, 0.4) is 0 Å². The Morgan fingerprint density at radius 1 is 1.12 bits per heavy atom. The van der Waals surface area contributed by atoms with Crippen molar-refractivity contribution in [3.63, 3.8) is 0 Å². The second-order valence-corrected chi connectivity index (χ2v) is 6.69. The summed E-state index contributed by atoms with van der Waals surface area (Å²) in [5.41, 5.74) is 6.06. The van der Waals surface area contributed by atoms with Gasteiger partial charge in [-0.05, 0) is 55.7 Å². The summed E-state index contributed by atoms with van der Waals surface area (Å²) in [4.78, 5) is 18.5. The molecule has 0 aliphatic carbocycles. The summed E-state index contributed by atoms with van der Waals surface area (Å²) in [7, 11) is 3.70. The van der Waals surface area contributed by atoms with Crippen molar-refractivity contribution in [1.82, 2.24) is 19.7 Å². The van der Waals surface area contributed by atoms with Crippen LogP contribution in [0.1, 0.15) is 27.2 Å². The van der Waals surface area contributed by atoms with Crippen molar-refractivity contribution >= 4 is 5.91 Å². The molecule has 134 valence electrons. The Balaban J connectivity index is 1.77. The van der Waals surface area contributed by atoms with Crippen molar-refractivity contribution in [1.29, 1.82) is 0 Å². The van der Waals surface area contributed by atoms with Crippen molar-refractivity contribution in [2.45, 2.75) is 20.3 Å². The third-order valence-electron chi connectivity index (χ3n) is 4.60. The van der Waals surface area contributed by atoms with Crippen LogP contribution in [0.15, 0.2) is 48.8 Å². The average Bonchev–Trinajstić information content (AvgIpc) is 3.03. The highest BCUT2D eigenvalue weighted by Crippen LogP contribution is 2.25. The highest BCUT2D eigenvalue weighted by Gasteiger charge is 2.18. The molecule has 2 heterocycles. The summed E-state index contributed by atoms with van der Waals surface area (Å²) in [6.07, 6.45) is 4.33. The normalized spacial score (nSPS) is 10.8. The number of pyridine rings is 1. The molecule has 0 aliphatic rings. The second kappa shape index (κ2) is 7.52. The van der Waals surface area contributed by atoms with Gasteiger partial charge in [0.15, 0.2) is 5.69 Å². The number of likely N-dealkylation sites (N-methyl/N-ethyl adjacent to an activating group) is 1. The van der Waals surface area contributed by atoms with E-state index in [0.717, 1.165) is 23.2 Å². The molecule has 0 fully saturated rings. The van der Waals surface area contributed by atoms with Crippen LogP contribution in [0, 0.1) is 13.8 Å². The zero-order valence-corrected chi connectivity index (χ0v) is 15.7. The van der Waals surface area contributed by atoms with Gasteiger partial charge in [-0.25, -0.2) is 0 Å². The van der Waals surface area contributed by atoms with E-state index in [1.165, 1.54) is 11.1 Å². The van der Waals surface area contributed by atoms with Crippen molar-refractivity contribution in [3.05, 3.63) is 71.2 Å². The number of carbonyl (C=O) groups is 1. The molecule has 0 atom stereocenters. The van der Waals surface area contributed by atoms with Gasteiger partial charge in [-0.1, -0.05) is 17.7 Å². The van der Waals surface area contributed by atoms with Gasteiger partial charge in [0.05, 0.1) is 5.69 Å². The maximum atomic E-state index is 12.8. The molecule has 0 radical (unpaired) electrons. The first-order valence-electron chi connectivity index (χ1n) is 8.71. The molecular formula is C21H24N4O. The number of hydrogen-bond donors (Lipinski definition) is 0. The second-order valence-electron chi connectivity index (χ2n) is 6.69. The van der Waals surface area contributed by atoms with E-state index >= 15 is 0 Å². The van der Waals surface area contributed by atoms with Crippen LogP contribution >= 0.6 is 0 Å². The first-order valence-corrected chi connectivity index (χ1v) is 8.71. The Morgan fingerprint density at radius 2 is 1.85 bits per heavy atom. The lowest BCUT2D eigenvalue weighted by molar-refractivity contribution is 0.0790. The zero-order chi connectivity index (χ0) is 18.7. The highest BCUT2D eigenvalue weighted by atomic mass is 16.2. The number of nitrogens with zero attached hydrogens (tertiary/aromatic N) is 4. The third kappa shape index (κ3) is 3.82. The van der Waals surface area contributed by atoms with E-state index < -0.39 is 0 Å². The summed E-state index contributed by atoms with van der Waals surface area (Å²) >= 11 is 0. The summed E-state index contributed by atoms with van der Waals surface area (Å²) in [6, 6.07) is 12.1. The molecule has 0 unspecified atom stereocenters. The molecule has 0 aliphatic heterocycles. The van der Waals surface area contributed by atoms with E-state index in [0.29, 0.717) is 12.2 Å². The lowest BCUT2D eigenvalue weighted by Gasteiger charge is -2.15. The Morgan fingerprint density at radius 3 is 2.58 bits per heavy atom. The number of amides is 1. The van der Waals surface area contributed by atoms with Crippen LogP contribution in [0.2, 0.25) is 0 Å². The molecule has 1 amide bonds. The number of aromatic nitrogens is 3. The number of hydrogen-bond acceptors (Lipinski definition) is 3. The van der Waals surface area contributed by atoms with Crippen molar-refractivity contribution < 1.29 is 4.79 Å². The topological polar surface area (TPSA) is 51.0 Å². The minimum Gasteiger partial charge on any atom is -0.340 e. The number of aryl methyl sites for hydroxylation is 3. The quantitative estimate of drug-likeness (QED) is 0.710. The molecule has 0 saturated heterocycles. The molecule has 1 aromatic carbocycles. The van der Waals surface area contributed by atoms with E-state index in [1.54, 1.807) is 22.0 Å². The Kier molecular flexibility index (Phi) is 5.16. The summed E-state index contributed by atoms with van der Waals surface area (Å²) in [5.74, 6) is -0.0637. The smallest absolute Gasteiger partial charge is 0.274 e. The summed E-state index contributed by atoms with van der Waals surface area (Å²) in [6.45, 7) is 4.78. The first kappa shape index (κ1) is 17.9. The molecule has 0 saturated carbocycles. The largest absolute Gasteiger partial charge is 0.340 e. The zero-order valence-electron chi connectivity index (χ0n) is 15.7. The monoisotopic (exact) mass is 348 g/mol. The van der Waals surface area contributed by atoms with E-state index in [-0.39, 0.29) is 5.91 Å². The fourth-order valence-corrected chi connectivity index (χ4v) is 2.98. The molecule has 3 aromatic rings. The third-order valence-corrected chi connectivity index (χ3v) is 4.60. The van der Waals surface area contributed by atoms with Gasteiger partial charge < -0.3 is 4.90 Å². The lowest BCUT2D eigenvalue weighted by Crippen LogP contribution is -2.29. The average molecular weight is 348 g/mol. The molecule has 0 N–H and O–H groups in total. The molecular weight excluding hydrogens is 324 g/mol. The Hall–Kier alpha value is -2.95. The van der Waals surface area contributed by atoms with E-state index in [1.807, 2.05) is 32.3 Å². The van der Waals surface area contributed by atoms with E-state index in [9.17, 15) is 4.79 Å². The minimum absolute atomic E-state index is 0.0637. The van der Waals surface area contributed by atoms with Gasteiger partial charge in [0.1, 0.15) is 0 Å². The molecule has 2 aromatic heterocycles. The predicted octanol–water partition coefficient (Wildman–Crippen LogP) is 3.41. The Bertz CT molecular complexity index is 915. The van der Waals surface area contributed by atoms with E-state index in [2.05, 4.69) is 42.1 Å². The van der Waals surface area contributed by atoms with Gasteiger partial charge >= 0.3 is 0 Å². The van der Waals surface area contributed by atoms with Crippen LogP contribution in [0.5, 0.6) is 0 Å². The maximum Gasteiger partial charge on any atom is 0.274 e. The summed E-state index contributed by atoms with van der Waals surface area (Å²) in [5, 5.41) is 4.45. The molecule has 0 spiro atoms. The van der Waals surface area contributed by atoms with Crippen LogP contribution in [-0.4, -0.2) is 39.2 Å². The molecule has 0 bridgehead atoms. The van der Waals surface area contributed by atoms with Crippen LogP contribution in [-0.2, 0) is 13.5 Å². The highest BCUT2D eigenvalue weighted by molar-refractivity contribution is 5.93. The van der Waals surface area contributed by atoms with Gasteiger partial charge in [-0.15, -0.1) is 0 Å². The van der Waals surface area contributed by atoms with Gasteiger partial charge in [-0.2, -0.15) is 5.10 Å². The van der Waals surface area contributed by atoms with Crippen molar-refractivity contribution in [3.8, 4) is 11.3 Å². The SMILES string of the molecule is Cc1ccc(C)c(-c2cc(C(=O)N(C)CCc3ccncc3)nn2C)c1. The van der Waals surface area contributed by atoms with Gasteiger partial charge in [0.25, 0.3) is 5.91 Å². The van der Waals surface area contributed by atoms with Crippen molar-refractivity contribution in [2.24, 2.45) is 7.05 Å². The molecule has 26 heavy (non-hydrogen) atoms. The minimum atomic E-state index is -0.0637. The van der Waals surface area contributed by atoms with Gasteiger partial charge in [0.2, 0.25) is 0 Å². The fourth-order valence-electron chi connectivity index (χ4n) is 2.98. The number of carbonyl (C=O) groups excluding carboxylic acids is 1. The number of benzene rings is 1. The number of rotatable bonds is 5. The lowest BCUT2D eigenvalue weighted by atomic mass is 10.0. The van der Waals surface area contributed by atoms with Crippen LogP contribution in [0.4, 0.5) is 0 Å². The molecule has 5 heteroatoms. The Labute approximate surface area is 154 Å². The standard InChI is InChI=1S/C21H24N4O/c1-15-5-6-16(2)18(13-15)20-14-19(23-25(20)4)21(26)24(3)12-9-17-7-10-22-11-8-17/h5-8,10-11,13-14H,9,12H2,1-4H3. The van der Waals surface area contributed by atoms with Gasteiger partial charge in [0, 0.05) is 38.6 Å². The summed E-state index contributed by atoms with van der Waals surface area (Å²) < 4.78 is 1.78. The molecule has 5 nitrogen and oxygen atoms in total. The van der Waals surface area contributed by atoms with Crippen LogP contribution in [0.25, 0.3) is 11.3 Å². The predicted molar refractivity (Wildman–Crippen MR) is 103 cm³/mol. The van der Waals surface area contributed by atoms with E-state index in [4.69, 9.17) is 0 Å². The first-order chi connectivity index (χ1) is 12.5. The van der Waals surface area contributed by atoms with Gasteiger partial charge in [-0.3, -0.25) is 14.5 Å².